The normalized spacial score (nSPS) is 22.2. The van der Waals surface area contributed by atoms with Crippen LogP contribution < -0.4 is 5.32 Å². The van der Waals surface area contributed by atoms with E-state index in [-0.39, 0.29) is 17.4 Å². The minimum Gasteiger partial charge on any atom is -0.350 e. The average Bonchev–Trinajstić information content (AvgIpc) is 2.57. The lowest BCUT2D eigenvalue weighted by atomic mass is 9.96. The Morgan fingerprint density at radius 2 is 1.88 bits per heavy atom. The first-order chi connectivity index (χ1) is 7.61. The highest BCUT2D eigenvalue weighted by Crippen LogP contribution is 2.24. The molecule has 0 radical (unpaired) electrons. The molecule has 0 aromatic carbocycles. The second-order valence-corrected chi connectivity index (χ2v) is 5.79. The summed E-state index contributed by atoms with van der Waals surface area (Å²) < 4.78 is 0. The van der Waals surface area contributed by atoms with Crippen molar-refractivity contribution in [2.24, 2.45) is 5.92 Å². The van der Waals surface area contributed by atoms with Crippen molar-refractivity contribution in [3.05, 3.63) is 0 Å². The predicted octanol–water partition coefficient (Wildman–Crippen LogP) is 3.64. The Kier molecular flexibility index (Phi) is 5.81. The molecule has 1 aliphatic rings. The molecule has 0 aromatic heterocycles. The predicted molar refractivity (Wildman–Crippen MR) is 71.8 cm³/mol. The van der Waals surface area contributed by atoms with E-state index in [9.17, 15) is 4.79 Å². The zero-order valence-electron chi connectivity index (χ0n) is 10.5. The molecule has 3 heteroatoms. The van der Waals surface area contributed by atoms with Crippen molar-refractivity contribution < 1.29 is 4.79 Å². The summed E-state index contributed by atoms with van der Waals surface area (Å²) in [6.07, 6.45) is 8.16. The molecule has 1 amide bonds. The van der Waals surface area contributed by atoms with Gasteiger partial charge in [0, 0.05) is 16.8 Å². The summed E-state index contributed by atoms with van der Waals surface area (Å²) in [6, 6.07) is 0. The van der Waals surface area contributed by atoms with Crippen molar-refractivity contribution in [3.63, 3.8) is 0 Å². The van der Waals surface area contributed by atoms with Gasteiger partial charge in [-0.25, -0.2) is 0 Å². The number of halogens is 1. The number of nitrogens with one attached hydrogen (secondary N) is 1. The molecular weight excluding hydrogens is 266 g/mol. The zero-order valence-corrected chi connectivity index (χ0v) is 12.1. The lowest BCUT2D eigenvalue weighted by molar-refractivity contribution is -0.127. The van der Waals surface area contributed by atoms with Crippen LogP contribution in [-0.4, -0.2) is 16.8 Å². The molecule has 1 atom stereocenters. The second kappa shape index (κ2) is 6.63. The number of carbonyl (C=O) groups excluding carboxylic acids is 1. The standard InChI is InChI=1S/C13H24BrNO/c1-3-13(2,10-14)15-12(16)11-8-6-4-5-7-9-11/h11H,3-10H2,1-2H3,(H,15,16). The molecule has 1 fully saturated rings. The molecule has 1 aliphatic carbocycles. The van der Waals surface area contributed by atoms with Crippen LogP contribution in [-0.2, 0) is 4.79 Å². The van der Waals surface area contributed by atoms with Gasteiger partial charge in [0.15, 0.2) is 0 Å². The molecular formula is C13H24BrNO. The fourth-order valence-electron chi connectivity index (χ4n) is 2.16. The lowest BCUT2D eigenvalue weighted by Gasteiger charge is -2.29. The minimum atomic E-state index is -0.0800. The molecule has 0 saturated heterocycles. The third-order valence-corrected chi connectivity index (χ3v) is 4.96. The summed E-state index contributed by atoms with van der Waals surface area (Å²) in [5.74, 6) is 0.526. The van der Waals surface area contributed by atoms with Crippen LogP contribution in [0.4, 0.5) is 0 Å². The molecule has 0 aromatic rings. The van der Waals surface area contributed by atoms with E-state index < -0.39 is 0 Å². The van der Waals surface area contributed by atoms with Gasteiger partial charge in [-0.1, -0.05) is 48.5 Å². The van der Waals surface area contributed by atoms with Crippen molar-refractivity contribution >= 4 is 21.8 Å². The Morgan fingerprint density at radius 1 is 1.31 bits per heavy atom. The molecule has 94 valence electrons. The maximum Gasteiger partial charge on any atom is 0.223 e. The largest absolute Gasteiger partial charge is 0.350 e. The van der Waals surface area contributed by atoms with Gasteiger partial charge in [-0.3, -0.25) is 4.79 Å². The smallest absolute Gasteiger partial charge is 0.223 e. The molecule has 1 N–H and O–H groups in total. The van der Waals surface area contributed by atoms with E-state index in [0.29, 0.717) is 0 Å². The number of amides is 1. The maximum atomic E-state index is 12.2. The van der Waals surface area contributed by atoms with E-state index in [0.717, 1.165) is 24.6 Å². The molecule has 0 bridgehead atoms. The van der Waals surface area contributed by atoms with Gasteiger partial charge in [0.1, 0.15) is 0 Å². The Morgan fingerprint density at radius 3 is 2.31 bits per heavy atom. The number of hydrogen-bond acceptors (Lipinski definition) is 1. The van der Waals surface area contributed by atoms with Crippen LogP contribution >= 0.6 is 15.9 Å². The van der Waals surface area contributed by atoms with Gasteiger partial charge < -0.3 is 5.32 Å². The monoisotopic (exact) mass is 289 g/mol. The van der Waals surface area contributed by atoms with Gasteiger partial charge in [0.25, 0.3) is 0 Å². The Labute approximate surface area is 108 Å². The third kappa shape index (κ3) is 4.08. The Balaban J connectivity index is 2.49. The van der Waals surface area contributed by atoms with Gasteiger partial charge in [0.05, 0.1) is 0 Å². The highest BCUT2D eigenvalue weighted by molar-refractivity contribution is 9.09. The van der Waals surface area contributed by atoms with Gasteiger partial charge in [-0.05, 0) is 26.2 Å². The topological polar surface area (TPSA) is 29.1 Å². The van der Waals surface area contributed by atoms with Crippen molar-refractivity contribution in [2.45, 2.75) is 64.3 Å². The molecule has 0 aliphatic heterocycles. The number of alkyl halides is 1. The van der Waals surface area contributed by atoms with Crippen LogP contribution in [0, 0.1) is 5.92 Å². The van der Waals surface area contributed by atoms with Crippen LogP contribution in [0.25, 0.3) is 0 Å². The summed E-state index contributed by atoms with van der Waals surface area (Å²) in [5.41, 5.74) is -0.0800. The number of carbonyl (C=O) groups is 1. The quantitative estimate of drug-likeness (QED) is 0.621. The fraction of sp³-hybridized carbons (Fsp3) is 0.923. The minimum absolute atomic E-state index is 0.0800. The van der Waals surface area contributed by atoms with Crippen molar-refractivity contribution in [1.82, 2.24) is 5.32 Å². The van der Waals surface area contributed by atoms with Gasteiger partial charge >= 0.3 is 0 Å². The van der Waals surface area contributed by atoms with Crippen LogP contribution in [0.15, 0.2) is 0 Å². The summed E-state index contributed by atoms with van der Waals surface area (Å²) in [5, 5.41) is 4.03. The molecule has 16 heavy (non-hydrogen) atoms. The van der Waals surface area contributed by atoms with E-state index in [2.05, 4.69) is 35.1 Å². The fourth-order valence-corrected chi connectivity index (χ4v) is 2.69. The lowest BCUT2D eigenvalue weighted by Crippen LogP contribution is -2.49. The van der Waals surface area contributed by atoms with E-state index in [1.807, 2.05) is 0 Å². The number of hydrogen-bond donors (Lipinski definition) is 1. The van der Waals surface area contributed by atoms with E-state index >= 15 is 0 Å². The first-order valence-corrected chi connectivity index (χ1v) is 7.61. The van der Waals surface area contributed by atoms with E-state index in [1.165, 1.54) is 25.7 Å². The summed E-state index contributed by atoms with van der Waals surface area (Å²) >= 11 is 3.49. The summed E-state index contributed by atoms with van der Waals surface area (Å²) in [4.78, 5) is 12.2. The average molecular weight is 290 g/mol. The van der Waals surface area contributed by atoms with Crippen LogP contribution in [0.1, 0.15) is 58.8 Å². The Hall–Kier alpha value is -0.0500. The van der Waals surface area contributed by atoms with Crippen LogP contribution in [0.3, 0.4) is 0 Å². The summed E-state index contributed by atoms with van der Waals surface area (Å²) in [6.45, 7) is 4.23. The van der Waals surface area contributed by atoms with Crippen LogP contribution in [0.5, 0.6) is 0 Å². The molecule has 1 rings (SSSR count). The van der Waals surface area contributed by atoms with Gasteiger partial charge in [-0.2, -0.15) is 0 Å². The van der Waals surface area contributed by atoms with E-state index in [1.54, 1.807) is 0 Å². The van der Waals surface area contributed by atoms with E-state index in [4.69, 9.17) is 0 Å². The van der Waals surface area contributed by atoms with Gasteiger partial charge in [-0.15, -0.1) is 0 Å². The third-order valence-electron chi connectivity index (χ3n) is 3.73. The highest BCUT2D eigenvalue weighted by Gasteiger charge is 2.27. The molecule has 1 unspecified atom stereocenters. The summed E-state index contributed by atoms with van der Waals surface area (Å²) in [7, 11) is 0. The SMILES string of the molecule is CCC(C)(CBr)NC(=O)C1CCCCCC1. The van der Waals surface area contributed by atoms with Crippen molar-refractivity contribution in [2.75, 3.05) is 5.33 Å². The first-order valence-electron chi connectivity index (χ1n) is 6.49. The van der Waals surface area contributed by atoms with Gasteiger partial charge in [0.2, 0.25) is 5.91 Å². The Bertz CT molecular complexity index is 218. The van der Waals surface area contributed by atoms with Crippen molar-refractivity contribution in [3.8, 4) is 0 Å². The molecule has 1 saturated carbocycles. The highest BCUT2D eigenvalue weighted by atomic mass is 79.9. The van der Waals surface area contributed by atoms with Crippen LogP contribution in [0.2, 0.25) is 0 Å². The van der Waals surface area contributed by atoms with Crippen molar-refractivity contribution in [1.29, 1.82) is 0 Å². The molecule has 0 heterocycles. The number of rotatable bonds is 4. The first kappa shape index (κ1) is 14.0. The zero-order chi connectivity index (χ0) is 12.0. The second-order valence-electron chi connectivity index (χ2n) is 5.23. The molecule has 0 spiro atoms. The maximum absolute atomic E-state index is 12.2. The molecule has 2 nitrogen and oxygen atoms in total.